The third-order valence-electron chi connectivity index (χ3n) is 2.68. The van der Waals surface area contributed by atoms with Gasteiger partial charge >= 0.3 is 0 Å². The molecular formula is C15H23ClFNO. The highest BCUT2D eigenvalue weighted by atomic mass is 35.5. The van der Waals surface area contributed by atoms with E-state index in [1.165, 1.54) is 12.1 Å². The van der Waals surface area contributed by atoms with E-state index in [0.29, 0.717) is 18.1 Å². The molecule has 0 aliphatic heterocycles. The topological polar surface area (TPSA) is 21.3 Å². The predicted molar refractivity (Wildman–Crippen MR) is 78.3 cm³/mol. The lowest BCUT2D eigenvalue weighted by molar-refractivity contribution is -0.0141. The molecule has 0 bridgehead atoms. The lowest BCUT2D eigenvalue weighted by Crippen LogP contribution is -2.38. The van der Waals surface area contributed by atoms with Crippen LogP contribution in [0, 0.1) is 5.82 Å². The van der Waals surface area contributed by atoms with Crippen molar-refractivity contribution in [3.8, 4) is 0 Å². The van der Waals surface area contributed by atoms with Gasteiger partial charge in [-0.1, -0.05) is 18.5 Å². The van der Waals surface area contributed by atoms with E-state index in [1.54, 1.807) is 6.07 Å². The number of nitrogens with one attached hydrogen (secondary N) is 1. The van der Waals surface area contributed by atoms with Crippen molar-refractivity contribution in [1.82, 2.24) is 5.32 Å². The fourth-order valence-electron chi connectivity index (χ4n) is 1.79. The Balaban J connectivity index is 2.69. The first-order valence-corrected chi connectivity index (χ1v) is 7.01. The summed E-state index contributed by atoms with van der Waals surface area (Å²) in [6.45, 7) is 9.51. The van der Waals surface area contributed by atoms with Gasteiger partial charge in [0.25, 0.3) is 0 Å². The fourth-order valence-corrected chi connectivity index (χ4v) is 1.99. The molecule has 0 saturated heterocycles. The van der Waals surface area contributed by atoms with Crippen molar-refractivity contribution in [1.29, 1.82) is 0 Å². The zero-order chi connectivity index (χ0) is 14.5. The predicted octanol–water partition coefficient (Wildman–Crippen LogP) is 3.81. The van der Waals surface area contributed by atoms with E-state index in [0.717, 1.165) is 12.1 Å². The van der Waals surface area contributed by atoms with Gasteiger partial charge in [0.1, 0.15) is 5.82 Å². The second-order valence-electron chi connectivity index (χ2n) is 5.62. The van der Waals surface area contributed by atoms with Gasteiger partial charge in [-0.15, -0.1) is 0 Å². The molecule has 1 N–H and O–H groups in total. The second kappa shape index (κ2) is 7.22. The van der Waals surface area contributed by atoms with Gasteiger partial charge in [-0.3, -0.25) is 0 Å². The highest BCUT2D eigenvalue weighted by Crippen LogP contribution is 2.19. The molecule has 0 aliphatic rings. The summed E-state index contributed by atoms with van der Waals surface area (Å²) in [5.74, 6) is -0.258. The summed E-state index contributed by atoms with van der Waals surface area (Å²) >= 11 is 6.10. The minimum absolute atomic E-state index is 0.128. The van der Waals surface area contributed by atoms with Crippen LogP contribution in [0.15, 0.2) is 18.2 Å². The van der Waals surface area contributed by atoms with Crippen molar-refractivity contribution in [2.45, 2.75) is 45.8 Å². The smallest absolute Gasteiger partial charge is 0.123 e. The summed E-state index contributed by atoms with van der Waals surface area (Å²) in [6.07, 6.45) is 0.653. The Morgan fingerprint density at radius 3 is 2.63 bits per heavy atom. The Morgan fingerprint density at radius 2 is 2.05 bits per heavy atom. The van der Waals surface area contributed by atoms with Crippen LogP contribution < -0.4 is 5.32 Å². The van der Waals surface area contributed by atoms with Crippen LogP contribution in [0.2, 0.25) is 5.02 Å². The molecule has 0 radical (unpaired) electrons. The molecule has 0 amide bonds. The van der Waals surface area contributed by atoms with Gasteiger partial charge in [0.05, 0.1) is 12.2 Å². The number of hydrogen-bond acceptors (Lipinski definition) is 2. The SMILES string of the molecule is CCNC(COC(C)(C)C)Cc1cc(F)ccc1Cl. The van der Waals surface area contributed by atoms with E-state index < -0.39 is 0 Å². The van der Waals surface area contributed by atoms with Crippen LogP contribution in [0.3, 0.4) is 0 Å². The first-order chi connectivity index (χ1) is 8.81. The van der Waals surface area contributed by atoms with Crippen molar-refractivity contribution in [2.75, 3.05) is 13.2 Å². The second-order valence-corrected chi connectivity index (χ2v) is 6.03. The van der Waals surface area contributed by atoms with Gasteiger partial charge in [0.15, 0.2) is 0 Å². The summed E-state index contributed by atoms with van der Waals surface area (Å²) in [5, 5.41) is 3.94. The van der Waals surface area contributed by atoms with Crippen LogP contribution >= 0.6 is 11.6 Å². The van der Waals surface area contributed by atoms with E-state index in [1.807, 2.05) is 27.7 Å². The lowest BCUT2D eigenvalue weighted by atomic mass is 10.1. The molecule has 19 heavy (non-hydrogen) atoms. The number of hydrogen-bond donors (Lipinski definition) is 1. The van der Waals surface area contributed by atoms with Crippen molar-refractivity contribution in [3.63, 3.8) is 0 Å². The van der Waals surface area contributed by atoms with Crippen molar-refractivity contribution < 1.29 is 9.13 Å². The molecule has 4 heteroatoms. The zero-order valence-corrected chi connectivity index (χ0v) is 12.9. The van der Waals surface area contributed by atoms with Crippen LogP contribution in [0.1, 0.15) is 33.3 Å². The molecule has 0 aromatic heterocycles. The Hall–Kier alpha value is -0.640. The number of ether oxygens (including phenoxy) is 1. The molecule has 0 fully saturated rings. The molecule has 1 atom stereocenters. The van der Waals surface area contributed by atoms with E-state index in [9.17, 15) is 4.39 Å². The Labute approximate surface area is 120 Å². The minimum atomic E-state index is -0.258. The number of benzene rings is 1. The van der Waals surface area contributed by atoms with Crippen molar-refractivity contribution in [3.05, 3.63) is 34.6 Å². The zero-order valence-electron chi connectivity index (χ0n) is 12.1. The van der Waals surface area contributed by atoms with E-state index >= 15 is 0 Å². The normalized spacial score (nSPS) is 13.6. The number of rotatable bonds is 6. The van der Waals surface area contributed by atoms with Crippen LogP contribution in [0.4, 0.5) is 4.39 Å². The maximum Gasteiger partial charge on any atom is 0.123 e. The molecule has 1 rings (SSSR count). The van der Waals surface area contributed by atoms with Gasteiger partial charge in [-0.25, -0.2) is 4.39 Å². The number of halogens is 2. The Morgan fingerprint density at radius 1 is 1.37 bits per heavy atom. The minimum Gasteiger partial charge on any atom is -0.374 e. The maximum atomic E-state index is 13.2. The molecule has 0 heterocycles. The third kappa shape index (κ3) is 6.37. The number of likely N-dealkylation sites (N-methyl/N-ethyl adjacent to an activating group) is 1. The van der Waals surface area contributed by atoms with Gasteiger partial charge in [-0.05, 0) is 57.5 Å². The monoisotopic (exact) mass is 287 g/mol. The van der Waals surface area contributed by atoms with Crippen molar-refractivity contribution in [2.24, 2.45) is 0 Å². The molecule has 108 valence electrons. The summed E-state index contributed by atoms with van der Waals surface area (Å²) in [4.78, 5) is 0. The fraction of sp³-hybridized carbons (Fsp3) is 0.600. The van der Waals surface area contributed by atoms with Gasteiger partial charge in [0, 0.05) is 11.1 Å². The van der Waals surface area contributed by atoms with E-state index in [4.69, 9.17) is 16.3 Å². The maximum absolute atomic E-state index is 13.2. The summed E-state index contributed by atoms with van der Waals surface area (Å²) in [5.41, 5.74) is 0.629. The first kappa shape index (κ1) is 16.4. The molecular weight excluding hydrogens is 265 g/mol. The highest BCUT2D eigenvalue weighted by Gasteiger charge is 2.16. The highest BCUT2D eigenvalue weighted by molar-refractivity contribution is 6.31. The molecule has 1 aromatic rings. The van der Waals surface area contributed by atoms with E-state index in [2.05, 4.69) is 5.32 Å². The quantitative estimate of drug-likeness (QED) is 0.859. The summed E-state index contributed by atoms with van der Waals surface area (Å²) in [7, 11) is 0. The van der Waals surface area contributed by atoms with Crippen LogP contribution in [0.25, 0.3) is 0 Å². The van der Waals surface area contributed by atoms with E-state index in [-0.39, 0.29) is 17.5 Å². The Bertz CT molecular complexity index is 404. The molecule has 1 unspecified atom stereocenters. The van der Waals surface area contributed by atoms with Crippen molar-refractivity contribution >= 4 is 11.6 Å². The average Bonchev–Trinajstić information content (AvgIpc) is 2.30. The Kier molecular flexibility index (Phi) is 6.24. The van der Waals surface area contributed by atoms with Gasteiger partial charge in [0.2, 0.25) is 0 Å². The molecule has 0 spiro atoms. The summed E-state index contributed by atoms with van der Waals surface area (Å²) < 4.78 is 19.0. The lowest BCUT2D eigenvalue weighted by Gasteiger charge is -2.25. The van der Waals surface area contributed by atoms with Gasteiger partial charge < -0.3 is 10.1 Å². The first-order valence-electron chi connectivity index (χ1n) is 6.63. The molecule has 0 aliphatic carbocycles. The standard InChI is InChI=1S/C15H23ClFNO/c1-5-18-13(10-19-15(2,3)4)9-11-8-12(17)6-7-14(11)16/h6-8,13,18H,5,9-10H2,1-4H3. The molecule has 1 aromatic carbocycles. The van der Waals surface area contributed by atoms with Crippen LogP contribution in [0.5, 0.6) is 0 Å². The van der Waals surface area contributed by atoms with Crippen LogP contribution in [-0.2, 0) is 11.2 Å². The summed E-state index contributed by atoms with van der Waals surface area (Å²) in [6, 6.07) is 4.59. The average molecular weight is 288 g/mol. The third-order valence-corrected chi connectivity index (χ3v) is 3.05. The molecule has 2 nitrogen and oxygen atoms in total. The largest absolute Gasteiger partial charge is 0.374 e. The molecule has 0 saturated carbocycles. The van der Waals surface area contributed by atoms with Crippen LogP contribution in [-0.4, -0.2) is 24.8 Å². The van der Waals surface area contributed by atoms with Gasteiger partial charge in [-0.2, -0.15) is 0 Å².